The van der Waals surface area contributed by atoms with Gasteiger partial charge >= 0.3 is 5.97 Å². The summed E-state index contributed by atoms with van der Waals surface area (Å²) in [4.78, 5) is 13.8. The van der Waals surface area contributed by atoms with Crippen LogP contribution in [0.2, 0.25) is 0 Å². The van der Waals surface area contributed by atoms with E-state index in [9.17, 15) is 9.90 Å². The number of esters is 1. The van der Waals surface area contributed by atoms with Gasteiger partial charge in [-0.15, -0.1) is 0 Å². The monoisotopic (exact) mass is 395 g/mol. The lowest BCUT2D eigenvalue weighted by Gasteiger charge is -2.24. The lowest BCUT2D eigenvalue weighted by molar-refractivity contribution is -0.129. The number of phenols is 1. The molecule has 29 heavy (non-hydrogen) atoms. The highest BCUT2D eigenvalue weighted by molar-refractivity contribution is 6.03. The third-order valence-electron chi connectivity index (χ3n) is 4.86. The summed E-state index contributed by atoms with van der Waals surface area (Å²) in [6.45, 7) is 11.1. The fraction of sp³-hybridized carbons (Fsp3) is 0.304. The van der Waals surface area contributed by atoms with Crippen molar-refractivity contribution in [3.63, 3.8) is 0 Å². The number of hydrogen-bond acceptors (Lipinski definition) is 5. The van der Waals surface area contributed by atoms with Crippen molar-refractivity contribution in [2.45, 2.75) is 33.6 Å². The fourth-order valence-corrected chi connectivity index (χ4v) is 3.27. The molecule has 6 heteroatoms. The van der Waals surface area contributed by atoms with Crippen LogP contribution in [-0.4, -0.2) is 30.0 Å². The quantitative estimate of drug-likeness (QED) is 0.192. The first-order valence-corrected chi connectivity index (χ1v) is 9.74. The molecule has 2 rings (SSSR count). The van der Waals surface area contributed by atoms with E-state index in [0.29, 0.717) is 28.0 Å². The number of aromatic hydroxyl groups is 1. The van der Waals surface area contributed by atoms with Gasteiger partial charge in [-0.3, -0.25) is 5.41 Å². The molecule has 0 unspecified atom stereocenters. The fourth-order valence-electron chi connectivity index (χ4n) is 3.27. The van der Waals surface area contributed by atoms with Gasteiger partial charge in [0.1, 0.15) is 17.3 Å². The van der Waals surface area contributed by atoms with E-state index < -0.39 is 5.97 Å². The molecule has 0 aliphatic carbocycles. The van der Waals surface area contributed by atoms with E-state index in [0.717, 1.165) is 37.7 Å². The number of rotatable bonds is 9. The number of hydrogen-bond donors (Lipinski definition) is 3. The standard InChI is InChI=1S/C23H29N3O3/c1-5-8-13-26(7-3)16-9-10-17(19(27)14-16)22-15(4)20(29-21(28)6-2)12-11-18(22)23(24)25/h6,9-12,14,27H,2,5,7-8,13H2,1,3-4H3,(H3,24,25). The number of amidine groups is 1. The largest absolute Gasteiger partial charge is 0.507 e. The minimum absolute atomic E-state index is 0.0789. The number of carbonyl (C=O) groups is 1. The number of nitrogens with zero attached hydrogens (tertiary/aromatic N) is 1. The Bertz CT molecular complexity index is 922. The molecule has 0 aliphatic rings. The lowest BCUT2D eigenvalue weighted by atomic mass is 9.92. The second-order valence-corrected chi connectivity index (χ2v) is 6.78. The smallest absolute Gasteiger partial charge is 0.335 e. The first-order valence-electron chi connectivity index (χ1n) is 9.74. The predicted octanol–water partition coefficient (Wildman–Crippen LogP) is 4.37. The maximum absolute atomic E-state index is 11.6. The minimum atomic E-state index is -0.580. The van der Waals surface area contributed by atoms with Crippen molar-refractivity contribution in [2.24, 2.45) is 5.73 Å². The molecule has 2 aromatic rings. The van der Waals surface area contributed by atoms with E-state index >= 15 is 0 Å². The highest BCUT2D eigenvalue weighted by atomic mass is 16.5. The maximum atomic E-state index is 11.6. The van der Waals surface area contributed by atoms with Crippen molar-refractivity contribution in [1.82, 2.24) is 0 Å². The SMILES string of the molecule is C=CC(=O)Oc1ccc(C(=N)N)c(-c2ccc(N(CC)CCCC)cc2O)c1C. The van der Waals surface area contributed by atoms with Gasteiger partial charge < -0.3 is 20.5 Å². The second-order valence-electron chi connectivity index (χ2n) is 6.78. The van der Waals surface area contributed by atoms with Crippen LogP contribution in [0, 0.1) is 12.3 Å². The zero-order valence-electron chi connectivity index (χ0n) is 17.3. The van der Waals surface area contributed by atoms with E-state index in [1.54, 1.807) is 25.1 Å². The minimum Gasteiger partial charge on any atom is -0.507 e. The summed E-state index contributed by atoms with van der Waals surface area (Å²) in [6.07, 6.45) is 3.25. The molecule has 0 heterocycles. The van der Waals surface area contributed by atoms with Gasteiger partial charge in [0, 0.05) is 53.2 Å². The molecule has 6 nitrogen and oxygen atoms in total. The summed E-state index contributed by atoms with van der Waals surface area (Å²) in [5.41, 5.74) is 8.86. The van der Waals surface area contributed by atoms with Crippen molar-refractivity contribution in [2.75, 3.05) is 18.0 Å². The lowest BCUT2D eigenvalue weighted by Crippen LogP contribution is -2.23. The number of nitrogen functional groups attached to an aromatic ring is 1. The summed E-state index contributed by atoms with van der Waals surface area (Å²) in [6, 6.07) is 8.68. The van der Waals surface area contributed by atoms with Gasteiger partial charge in [-0.1, -0.05) is 19.9 Å². The maximum Gasteiger partial charge on any atom is 0.335 e. The van der Waals surface area contributed by atoms with E-state index in [1.807, 2.05) is 12.1 Å². The van der Waals surface area contributed by atoms with Crippen LogP contribution >= 0.6 is 0 Å². The van der Waals surface area contributed by atoms with E-state index in [-0.39, 0.29) is 11.6 Å². The number of nitrogens with one attached hydrogen (secondary N) is 1. The predicted molar refractivity (Wildman–Crippen MR) is 118 cm³/mol. The van der Waals surface area contributed by atoms with Crippen LogP contribution in [0.3, 0.4) is 0 Å². The van der Waals surface area contributed by atoms with Gasteiger partial charge in [0.25, 0.3) is 0 Å². The van der Waals surface area contributed by atoms with Gasteiger partial charge in [0.2, 0.25) is 0 Å². The van der Waals surface area contributed by atoms with Crippen molar-refractivity contribution in [3.8, 4) is 22.6 Å². The van der Waals surface area contributed by atoms with E-state index in [4.69, 9.17) is 15.9 Å². The molecule has 0 atom stereocenters. The molecule has 0 aromatic heterocycles. The third kappa shape index (κ3) is 4.96. The van der Waals surface area contributed by atoms with E-state index in [2.05, 4.69) is 25.3 Å². The Hall–Kier alpha value is -3.28. The zero-order chi connectivity index (χ0) is 21.6. The number of ether oxygens (including phenoxy) is 1. The van der Waals surface area contributed by atoms with Crippen LogP contribution in [0.1, 0.15) is 37.8 Å². The highest BCUT2D eigenvalue weighted by Crippen LogP contribution is 2.39. The first kappa shape index (κ1) is 22.0. The molecular formula is C23H29N3O3. The van der Waals surface area contributed by atoms with Gasteiger partial charge in [-0.25, -0.2) is 4.79 Å². The molecule has 0 saturated heterocycles. The van der Waals surface area contributed by atoms with Crippen LogP contribution < -0.4 is 15.4 Å². The summed E-state index contributed by atoms with van der Waals surface area (Å²) >= 11 is 0. The van der Waals surface area contributed by atoms with Gasteiger partial charge in [0.15, 0.2) is 0 Å². The Kier molecular flexibility index (Phi) is 7.42. The van der Waals surface area contributed by atoms with Gasteiger partial charge in [0.05, 0.1) is 0 Å². The Labute approximate surface area is 172 Å². The highest BCUT2D eigenvalue weighted by Gasteiger charge is 2.19. The van der Waals surface area contributed by atoms with Crippen LogP contribution in [0.4, 0.5) is 5.69 Å². The Morgan fingerprint density at radius 1 is 1.31 bits per heavy atom. The molecule has 4 N–H and O–H groups in total. The topological polar surface area (TPSA) is 99.6 Å². The second kappa shape index (κ2) is 9.78. The summed E-state index contributed by atoms with van der Waals surface area (Å²) in [7, 11) is 0. The molecule has 0 amide bonds. The number of anilines is 1. The molecule has 0 saturated carbocycles. The summed E-state index contributed by atoms with van der Waals surface area (Å²) < 4.78 is 5.30. The van der Waals surface area contributed by atoms with E-state index in [1.165, 1.54) is 0 Å². The molecule has 154 valence electrons. The number of unbranched alkanes of at least 4 members (excludes halogenated alkanes) is 1. The van der Waals surface area contributed by atoms with Gasteiger partial charge in [-0.05, 0) is 44.5 Å². The average Bonchev–Trinajstić information content (AvgIpc) is 2.70. The molecule has 0 bridgehead atoms. The Morgan fingerprint density at radius 2 is 2.03 bits per heavy atom. The average molecular weight is 396 g/mol. The van der Waals surface area contributed by atoms with Crippen LogP contribution in [-0.2, 0) is 4.79 Å². The third-order valence-corrected chi connectivity index (χ3v) is 4.86. The normalized spacial score (nSPS) is 10.4. The molecule has 0 fully saturated rings. The van der Waals surface area contributed by atoms with Crippen molar-refractivity contribution in [1.29, 1.82) is 5.41 Å². The van der Waals surface area contributed by atoms with Crippen molar-refractivity contribution in [3.05, 3.63) is 54.1 Å². The molecule has 0 aliphatic heterocycles. The van der Waals surface area contributed by atoms with Crippen molar-refractivity contribution < 1.29 is 14.6 Å². The van der Waals surface area contributed by atoms with Crippen LogP contribution in [0.25, 0.3) is 11.1 Å². The van der Waals surface area contributed by atoms with Crippen LogP contribution in [0.15, 0.2) is 43.0 Å². The number of benzene rings is 2. The van der Waals surface area contributed by atoms with Crippen molar-refractivity contribution >= 4 is 17.5 Å². The number of nitrogens with two attached hydrogens (primary N) is 1. The summed E-state index contributed by atoms with van der Waals surface area (Å²) in [5, 5.41) is 18.7. The molecule has 2 aromatic carbocycles. The number of carbonyl (C=O) groups excluding carboxylic acids is 1. The Morgan fingerprint density at radius 3 is 2.59 bits per heavy atom. The molecular weight excluding hydrogens is 366 g/mol. The van der Waals surface area contributed by atoms with Gasteiger partial charge in [-0.2, -0.15) is 0 Å². The summed E-state index contributed by atoms with van der Waals surface area (Å²) in [5.74, 6) is -0.304. The molecule has 0 spiro atoms. The van der Waals surface area contributed by atoms with Crippen LogP contribution in [0.5, 0.6) is 11.5 Å². The zero-order valence-corrected chi connectivity index (χ0v) is 17.3. The Balaban J connectivity index is 2.57. The number of phenolic OH excluding ortho intramolecular Hbond substituents is 1. The first-order chi connectivity index (χ1) is 13.8. The molecule has 0 radical (unpaired) electrons.